The average molecular weight is 306 g/mol. The summed E-state index contributed by atoms with van der Waals surface area (Å²) in [4.78, 5) is 16.2. The standard InChI is InChI=1S/C17H26N2O3/c1-13-5-6-14(22-13)10-19-8-4-7-17(11-19)9-15(21-12-17)16(20)18(2)3/h5-6,15H,4,7-12H2,1-3H3/t15-,17+/m1/s1. The van der Waals surface area contributed by atoms with Crippen LogP contribution in [-0.2, 0) is 16.1 Å². The van der Waals surface area contributed by atoms with Crippen LogP contribution in [0.2, 0.25) is 0 Å². The molecule has 1 aromatic heterocycles. The molecule has 2 aliphatic heterocycles. The third-order valence-electron chi connectivity index (χ3n) is 4.84. The molecule has 22 heavy (non-hydrogen) atoms. The average Bonchev–Trinajstić information content (AvgIpc) is 3.05. The van der Waals surface area contributed by atoms with Gasteiger partial charge in [0, 0.05) is 26.1 Å². The van der Waals surface area contributed by atoms with Gasteiger partial charge in [-0.05, 0) is 44.9 Å². The number of hydrogen-bond donors (Lipinski definition) is 0. The first-order valence-electron chi connectivity index (χ1n) is 8.08. The van der Waals surface area contributed by atoms with E-state index in [1.54, 1.807) is 19.0 Å². The minimum Gasteiger partial charge on any atom is -0.465 e. The van der Waals surface area contributed by atoms with E-state index in [4.69, 9.17) is 9.15 Å². The van der Waals surface area contributed by atoms with Gasteiger partial charge < -0.3 is 14.1 Å². The van der Waals surface area contributed by atoms with Crippen LogP contribution in [0.5, 0.6) is 0 Å². The first kappa shape index (κ1) is 15.6. The van der Waals surface area contributed by atoms with Gasteiger partial charge >= 0.3 is 0 Å². The van der Waals surface area contributed by atoms with E-state index in [9.17, 15) is 4.79 Å². The summed E-state index contributed by atoms with van der Waals surface area (Å²) >= 11 is 0. The molecule has 1 spiro atoms. The number of aryl methyl sites for hydroxylation is 1. The topological polar surface area (TPSA) is 45.9 Å². The minimum absolute atomic E-state index is 0.0932. The Kier molecular flexibility index (Phi) is 4.28. The smallest absolute Gasteiger partial charge is 0.251 e. The lowest BCUT2D eigenvalue weighted by Crippen LogP contribution is -2.43. The second-order valence-corrected chi connectivity index (χ2v) is 7.06. The quantitative estimate of drug-likeness (QED) is 0.857. The molecule has 1 aromatic rings. The van der Waals surface area contributed by atoms with Gasteiger partial charge in [0.05, 0.1) is 13.2 Å². The Bertz CT molecular complexity index is 540. The summed E-state index contributed by atoms with van der Waals surface area (Å²) in [6, 6.07) is 4.07. The van der Waals surface area contributed by atoms with Crippen LogP contribution in [0.3, 0.4) is 0 Å². The second kappa shape index (κ2) is 6.05. The number of carbonyl (C=O) groups is 1. The van der Waals surface area contributed by atoms with E-state index < -0.39 is 0 Å². The maximum absolute atomic E-state index is 12.1. The zero-order valence-corrected chi connectivity index (χ0v) is 13.8. The number of rotatable bonds is 3. The molecule has 0 saturated carbocycles. The van der Waals surface area contributed by atoms with Gasteiger partial charge in [-0.3, -0.25) is 9.69 Å². The van der Waals surface area contributed by atoms with Crippen molar-refractivity contribution in [1.29, 1.82) is 0 Å². The van der Waals surface area contributed by atoms with E-state index in [1.807, 2.05) is 13.0 Å². The largest absolute Gasteiger partial charge is 0.465 e. The minimum atomic E-state index is -0.263. The van der Waals surface area contributed by atoms with Crippen molar-refractivity contribution >= 4 is 5.91 Å². The van der Waals surface area contributed by atoms with E-state index in [0.717, 1.165) is 50.4 Å². The van der Waals surface area contributed by atoms with Gasteiger partial charge in [0.15, 0.2) is 0 Å². The fraction of sp³-hybridized carbons (Fsp3) is 0.706. The monoisotopic (exact) mass is 306 g/mol. The summed E-state index contributed by atoms with van der Waals surface area (Å²) in [7, 11) is 3.59. The van der Waals surface area contributed by atoms with Crippen molar-refractivity contribution in [3.05, 3.63) is 23.7 Å². The van der Waals surface area contributed by atoms with Crippen LogP contribution in [0, 0.1) is 12.3 Å². The van der Waals surface area contributed by atoms with Crippen molar-refractivity contribution in [2.24, 2.45) is 5.41 Å². The van der Waals surface area contributed by atoms with Crippen molar-refractivity contribution in [2.45, 2.75) is 38.8 Å². The van der Waals surface area contributed by atoms with Gasteiger partial charge in [-0.15, -0.1) is 0 Å². The molecule has 0 aromatic carbocycles. The highest BCUT2D eigenvalue weighted by Crippen LogP contribution is 2.41. The molecule has 3 heterocycles. The van der Waals surface area contributed by atoms with E-state index >= 15 is 0 Å². The highest BCUT2D eigenvalue weighted by Gasteiger charge is 2.45. The Balaban J connectivity index is 1.62. The fourth-order valence-electron chi connectivity index (χ4n) is 3.76. The van der Waals surface area contributed by atoms with Crippen LogP contribution in [0.1, 0.15) is 30.8 Å². The maximum atomic E-state index is 12.1. The molecule has 1 amide bonds. The second-order valence-electron chi connectivity index (χ2n) is 7.06. The van der Waals surface area contributed by atoms with Crippen LogP contribution in [0.15, 0.2) is 16.5 Å². The summed E-state index contributed by atoms with van der Waals surface area (Å²) < 4.78 is 11.5. The molecule has 0 unspecified atom stereocenters. The molecule has 2 saturated heterocycles. The van der Waals surface area contributed by atoms with Crippen molar-refractivity contribution in [3.63, 3.8) is 0 Å². The van der Waals surface area contributed by atoms with Crippen LogP contribution < -0.4 is 0 Å². The van der Waals surface area contributed by atoms with Gasteiger partial charge in [0.2, 0.25) is 0 Å². The van der Waals surface area contributed by atoms with Crippen LogP contribution in [0.25, 0.3) is 0 Å². The lowest BCUT2D eigenvalue weighted by atomic mass is 9.78. The predicted molar refractivity (Wildman–Crippen MR) is 83.4 cm³/mol. The van der Waals surface area contributed by atoms with Crippen molar-refractivity contribution in [3.8, 4) is 0 Å². The van der Waals surface area contributed by atoms with Crippen molar-refractivity contribution < 1.29 is 13.9 Å². The highest BCUT2D eigenvalue weighted by molar-refractivity contribution is 5.80. The maximum Gasteiger partial charge on any atom is 0.251 e. The molecule has 122 valence electrons. The number of nitrogens with zero attached hydrogens (tertiary/aromatic N) is 2. The lowest BCUT2D eigenvalue weighted by Gasteiger charge is -2.39. The first-order chi connectivity index (χ1) is 10.5. The highest BCUT2D eigenvalue weighted by atomic mass is 16.5. The van der Waals surface area contributed by atoms with Crippen LogP contribution in [0.4, 0.5) is 0 Å². The molecule has 0 aliphatic carbocycles. The number of ether oxygens (including phenoxy) is 1. The zero-order valence-electron chi connectivity index (χ0n) is 13.8. The number of furan rings is 1. The van der Waals surface area contributed by atoms with Crippen molar-refractivity contribution in [2.75, 3.05) is 33.8 Å². The van der Waals surface area contributed by atoms with Gasteiger partial charge in [-0.25, -0.2) is 0 Å². The number of amides is 1. The van der Waals surface area contributed by atoms with Gasteiger partial charge in [-0.2, -0.15) is 0 Å². The lowest BCUT2D eigenvalue weighted by molar-refractivity contribution is -0.138. The molecule has 2 atom stereocenters. The number of likely N-dealkylation sites (tertiary alicyclic amines) is 1. The van der Waals surface area contributed by atoms with Crippen LogP contribution >= 0.6 is 0 Å². The molecule has 0 radical (unpaired) electrons. The van der Waals surface area contributed by atoms with Gasteiger partial charge in [0.1, 0.15) is 17.6 Å². The summed E-state index contributed by atoms with van der Waals surface area (Å²) in [5, 5.41) is 0. The Morgan fingerprint density at radius 2 is 2.27 bits per heavy atom. The molecular formula is C17H26N2O3. The summed E-state index contributed by atoms with van der Waals surface area (Å²) in [5.74, 6) is 2.08. The Morgan fingerprint density at radius 1 is 1.45 bits per heavy atom. The number of piperidine rings is 1. The zero-order chi connectivity index (χ0) is 15.7. The molecule has 2 aliphatic rings. The number of carbonyl (C=O) groups excluding carboxylic acids is 1. The van der Waals surface area contributed by atoms with E-state index in [1.165, 1.54) is 0 Å². The molecule has 5 nitrogen and oxygen atoms in total. The third kappa shape index (κ3) is 3.20. The first-order valence-corrected chi connectivity index (χ1v) is 8.08. The molecular weight excluding hydrogens is 280 g/mol. The van der Waals surface area contributed by atoms with E-state index in [0.29, 0.717) is 6.61 Å². The van der Waals surface area contributed by atoms with E-state index in [-0.39, 0.29) is 17.4 Å². The molecule has 0 N–H and O–H groups in total. The summed E-state index contributed by atoms with van der Waals surface area (Å²) in [6.07, 6.45) is 2.89. The third-order valence-corrected chi connectivity index (χ3v) is 4.84. The van der Waals surface area contributed by atoms with Gasteiger partial charge in [0.25, 0.3) is 5.91 Å². The Hall–Kier alpha value is -1.33. The van der Waals surface area contributed by atoms with E-state index in [2.05, 4.69) is 11.0 Å². The molecule has 2 fully saturated rings. The SMILES string of the molecule is Cc1ccc(CN2CCC[C@@]3(CO[C@@H](C(=O)N(C)C)C3)C2)o1. The fourth-order valence-corrected chi connectivity index (χ4v) is 3.76. The summed E-state index contributed by atoms with van der Waals surface area (Å²) in [6.45, 7) is 5.61. The molecule has 3 rings (SSSR count). The number of hydrogen-bond acceptors (Lipinski definition) is 4. The molecule has 5 heteroatoms. The number of likely N-dealkylation sites (N-methyl/N-ethyl adjacent to an activating group) is 1. The Labute approximate surface area is 132 Å². The summed E-state index contributed by atoms with van der Waals surface area (Å²) in [5.41, 5.74) is 0.135. The van der Waals surface area contributed by atoms with Gasteiger partial charge in [-0.1, -0.05) is 0 Å². The van der Waals surface area contributed by atoms with Crippen molar-refractivity contribution in [1.82, 2.24) is 9.80 Å². The van der Waals surface area contributed by atoms with Crippen LogP contribution in [-0.4, -0.2) is 55.6 Å². The Morgan fingerprint density at radius 3 is 2.95 bits per heavy atom. The normalized spacial score (nSPS) is 29.1. The predicted octanol–water partition coefficient (Wildman–Crippen LogP) is 2.05. The molecule has 0 bridgehead atoms.